The highest BCUT2D eigenvalue weighted by Gasteiger charge is 2.11. The summed E-state index contributed by atoms with van der Waals surface area (Å²) in [6, 6.07) is 15.9. The molecule has 2 aromatic carbocycles. The molecule has 0 atom stereocenters. The first kappa shape index (κ1) is 20.6. The highest BCUT2D eigenvalue weighted by Crippen LogP contribution is 2.20. The summed E-state index contributed by atoms with van der Waals surface area (Å²) in [5.74, 6) is -0.148. The highest BCUT2D eigenvalue weighted by molar-refractivity contribution is 5.92. The van der Waals surface area contributed by atoms with E-state index in [-0.39, 0.29) is 11.8 Å². The normalized spacial score (nSPS) is 14.1. The number of benzene rings is 2. The van der Waals surface area contributed by atoms with Crippen molar-refractivity contribution in [2.45, 2.75) is 32.7 Å². The first-order valence-electron chi connectivity index (χ1n) is 10.2. The molecule has 0 saturated carbocycles. The van der Waals surface area contributed by atoms with Crippen LogP contribution in [0.4, 0.5) is 11.4 Å². The van der Waals surface area contributed by atoms with Crippen molar-refractivity contribution in [2.75, 3.05) is 30.4 Å². The molecule has 29 heavy (non-hydrogen) atoms. The zero-order valence-corrected chi connectivity index (χ0v) is 17.2. The summed E-state index contributed by atoms with van der Waals surface area (Å²) in [6.07, 6.45) is 7.22. The van der Waals surface area contributed by atoms with Gasteiger partial charge in [0.15, 0.2) is 0 Å². The molecule has 152 valence electrons. The fourth-order valence-electron chi connectivity index (χ4n) is 3.49. The van der Waals surface area contributed by atoms with E-state index in [0.29, 0.717) is 6.54 Å². The van der Waals surface area contributed by atoms with E-state index in [1.54, 1.807) is 17.1 Å². The van der Waals surface area contributed by atoms with Gasteiger partial charge in [-0.25, -0.2) is 0 Å². The van der Waals surface area contributed by atoms with Gasteiger partial charge in [-0.1, -0.05) is 24.3 Å². The smallest absolute Gasteiger partial charge is 0.246 e. The van der Waals surface area contributed by atoms with Gasteiger partial charge >= 0.3 is 0 Å². The Morgan fingerprint density at radius 3 is 2.28 bits per heavy atom. The Hall–Kier alpha value is -3.08. The molecule has 3 rings (SSSR count). The van der Waals surface area contributed by atoms with Crippen molar-refractivity contribution < 1.29 is 9.59 Å². The third kappa shape index (κ3) is 6.21. The second-order valence-corrected chi connectivity index (χ2v) is 7.54. The minimum atomic E-state index is -0.103. The molecule has 1 saturated heterocycles. The number of nitrogens with zero attached hydrogens (tertiary/aromatic N) is 2. The minimum absolute atomic E-state index is 0.0453. The molecule has 2 aromatic rings. The lowest BCUT2D eigenvalue weighted by Gasteiger charge is -2.29. The van der Waals surface area contributed by atoms with E-state index in [4.69, 9.17) is 0 Å². The molecule has 2 amide bonds. The van der Waals surface area contributed by atoms with Crippen LogP contribution in [0.5, 0.6) is 0 Å². The molecule has 0 bridgehead atoms. The first-order chi connectivity index (χ1) is 14.0. The van der Waals surface area contributed by atoms with E-state index in [2.05, 4.69) is 34.5 Å². The van der Waals surface area contributed by atoms with Crippen molar-refractivity contribution in [3.8, 4) is 0 Å². The summed E-state index contributed by atoms with van der Waals surface area (Å²) < 4.78 is 0. The predicted octanol–water partition coefficient (Wildman–Crippen LogP) is 4.31. The molecule has 0 aromatic heterocycles. The number of anilines is 2. The lowest BCUT2D eigenvalue weighted by Crippen LogP contribution is -2.29. The molecular formula is C24H29N3O2. The molecule has 1 N–H and O–H groups in total. The zero-order valence-electron chi connectivity index (χ0n) is 17.2. The predicted molar refractivity (Wildman–Crippen MR) is 119 cm³/mol. The Bertz CT molecular complexity index is 851. The van der Waals surface area contributed by atoms with Gasteiger partial charge in [0, 0.05) is 51.1 Å². The van der Waals surface area contributed by atoms with Gasteiger partial charge in [-0.3, -0.25) is 9.59 Å². The van der Waals surface area contributed by atoms with Crippen LogP contribution >= 0.6 is 0 Å². The highest BCUT2D eigenvalue weighted by atomic mass is 16.2. The summed E-state index contributed by atoms with van der Waals surface area (Å²) in [4.78, 5) is 27.6. The molecule has 1 aliphatic heterocycles. The van der Waals surface area contributed by atoms with Gasteiger partial charge in [0.25, 0.3) is 0 Å². The van der Waals surface area contributed by atoms with Crippen molar-refractivity contribution in [1.82, 2.24) is 4.90 Å². The van der Waals surface area contributed by atoms with E-state index >= 15 is 0 Å². The number of nitrogens with one attached hydrogen (secondary N) is 1. The Morgan fingerprint density at radius 2 is 1.66 bits per heavy atom. The molecule has 1 fully saturated rings. The van der Waals surface area contributed by atoms with Crippen LogP contribution in [0.2, 0.25) is 0 Å². The van der Waals surface area contributed by atoms with Crippen LogP contribution in [0.3, 0.4) is 0 Å². The fourth-order valence-corrected chi connectivity index (χ4v) is 3.49. The number of carbonyl (C=O) groups excluding carboxylic acids is 2. The molecule has 0 radical (unpaired) electrons. The Balaban J connectivity index is 1.53. The average molecular weight is 392 g/mol. The van der Waals surface area contributed by atoms with Gasteiger partial charge in [-0.2, -0.15) is 0 Å². The Morgan fingerprint density at radius 1 is 1.00 bits per heavy atom. The summed E-state index contributed by atoms with van der Waals surface area (Å²) >= 11 is 0. The van der Waals surface area contributed by atoms with Crippen molar-refractivity contribution in [3.05, 3.63) is 65.7 Å². The number of hydrogen-bond donors (Lipinski definition) is 1. The van der Waals surface area contributed by atoms with Crippen LogP contribution in [0.15, 0.2) is 54.6 Å². The molecule has 5 nitrogen and oxygen atoms in total. The summed E-state index contributed by atoms with van der Waals surface area (Å²) in [6.45, 7) is 4.32. The van der Waals surface area contributed by atoms with Crippen LogP contribution in [0, 0.1) is 0 Å². The summed E-state index contributed by atoms with van der Waals surface area (Å²) in [7, 11) is 1.81. The van der Waals surface area contributed by atoms with E-state index in [1.807, 2.05) is 31.3 Å². The first-order valence-corrected chi connectivity index (χ1v) is 10.2. The largest absolute Gasteiger partial charge is 0.372 e. The maximum atomic E-state index is 12.4. The molecular weight excluding hydrogens is 362 g/mol. The quantitative estimate of drug-likeness (QED) is 0.747. The maximum Gasteiger partial charge on any atom is 0.246 e. The molecule has 1 heterocycles. The van der Waals surface area contributed by atoms with Crippen molar-refractivity contribution in [2.24, 2.45) is 0 Å². The van der Waals surface area contributed by atoms with Crippen LogP contribution in [-0.2, 0) is 16.1 Å². The molecule has 5 heteroatoms. The number of likely N-dealkylation sites (N-methyl/N-ethyl adjacent to an activating group) is 1. The van der Waals surface area contributed by atoms with Crippen molar-refractivity contribution in [1.29, 1.82) is 0 Å². The second-order valence-electron chi connectivity index (χ2n) is 7.54. The fraction of sp³-hybridized carbons (Fsp3) is 0.333. The van der Waals surface area contributed by atoms with E-state index in [0.717, 1.165) is 29.9 Å². The Kier molecular flexibility index (Phi) is 7.06. The molecule has 0 aliphatic carbocycles. The molecule has 0 spiro atoms. The average Bonchev–Trinajstić information content (AvgIpc) is 2.74. The third-order valence-electron chi connectivity index (χ3n) is 5.10. The standard InChI is InChI=1S/C24H29N3O2/c1-19(28)25-22-11-6-20(7-12-22)10-15-24(29)26(2)18-21-8-13-23(14-9-21)27-16-4-3-5-17-27/h6-15H,3-5,16-18H2,1-2H3,(H,25,28)/b15-10+. The van der Waals surface area contributed by atoms with Crippen LogP contribution in [0.25, 0.3) is 6.08 Å². The van der Waals surface area contributed by atoms with Gasteiger partial charge in [-0.15, -0.1) is 0 Å². The van der Waals surface area contributed by atoms with Crippen molar-refractivity contribution in [3.63, 3.8) is 0 Å². The SMILES string of the molecule is CC(=O)Nc1ccc(/C=C/C(=O)N(C)Cc2ccc(N3CCCCC3)cc2)cc1. The minimum Gasteiger partial charge on any atom is -0.372 e. The number of amides is 2. The number of hydrogen-bond acceptors (Lipinski definition) is 3. The van der Waals surface area contributed by atoms with E-state index < -0.39 is 0 Å². The molecule has 1 aliphatic rings. The number of carbonyl (C=O) groups is 2. The van der Waals surface area contributed by atoms with E-state index in [9.17, 15) is 9.59 Å². The summed E-state index contributed by atoms with van der Waals surface area (Å²) in [5, 5.41) is 2.73. The topological polar surface area (TPSA) is 52.7 Å². The second kappa shape index (κ2) is 9.92. The Labute approximate surface area is 173 Å². The van der Waals surface area contributed by atoms with Gasteiger partial charge in [0.1, 0.15) is 0 Å². The van der Waals surface area contributed by atoms with Gasteiger partial charge in [-0.05, 0) is 60.7 Å². The number of piperidine rings is 1. The van der Waals surface area contributed by atoms with Gasteiger partial charge < -0.3 is 15.1 Å². The summed E-state index contributed by atoms with van der Waals surface area (Å²) in [5.41, 5.74) is 4.04. The van der Waals surface area contributed by atoms with Crippen molar-refractivity contribution >= 4 is 29.3 Å². The van der Waals surface area contributed by atoms with E-state index in [1.165, 1.54) is 31.9 Å². The lowest BCUT2D eigenvalue weighted by molar-refractivity contribution is -0.125. The van der Waals surface area contributed by atoms with Gasteiger partial charge in [0.2, 0.25) is 11.8 Å². The molecule has 0 unspecified atom stereocenters. The zero-order chi connectivity index (χ0) is 20.6. The van der Waals surface area contributed by atoms with Crippen LogP contribution in [0.1, 0.15) is 37.3 Å². The van der Waals surface area contributed by atoms with Gasteiger partial charge in [0.05, 0.1) is 0 Å². The van der Waals surface area contributed by atoms with Crippen LogP contribution < -0.4 is 10.2 Å². The lowest BCUT2D eigenvalue weighted by atomic mass is 10.1. The monoisotopic (exact) mass is 391 g/mol. The third-order valence-corrected chi connectivity index (χ3v) is 5.10. The maximum absolute atomic E-state index is 12.4. The number of rotatable bonds is 6. The van der Waals surface area contributed by atoms with Crippen LogP contribution in [-0.4, -0.2) is 36.9 Å².